The number of nitrogens with zero attached hydrogens (tertiary/aromatic N) is 1. The lowest BCUT2D eigenvalue weighted by atomic mass is 10.0. The molecule has 2 saturated heterocycles. The molecular formula is C18H24ClNO. The highest BCUT2D eigenvalue weighted by molar-refractivity contribution is 6.30. The van der Waals surface area contributed by atoms with Gasteiger partial charge in [-0.05, 0) is 61.1 Å². The second-order valence-corrected chi connectivity index (χ2v) is 7.39. The number of halogens is 1. The lowest BCUT2D eigenvalue weighted by Gasteiger charge is -2.32. The van der Waals surface area contributed by atoms with E-state index in [1.807, 2.05) is 6.07 Å². The van der Waals surface area contributed by atoms with E-state index in [1.165, 1.54) is 44.3 Å². The molecule has 1 aromatic carbocycles. The van der Waals surface area contributed by atoms with Crippen molar-refractivity contribution in [1.82, 2.24) is 4.90 Å². The molecule has 4 rings (SSSR count). The van der Waals surface area contributed by atoms with E-state index in [0.29, 0.717) is 0 Å². The Morgan fingerprint density at radius 3 is 2.62 bits per heavy atom. The molecule has 21 heavy (non-hydrogen) atoms. The van der Waals surface area contributed by atoms with Gasteiger partial charge in [-0.1, -0.05) is 23.7 Å². The highest BCUT2D eigenvalue weighted by atomic mass is 35.5. The van der Waals surface area contributed by atoms with E-state index in [4.69, 9.17) is 16.3 Å². The average molecular weight is 306 g/mol. The molecule has 0 radical (unpaired) electrons. The van der Waals surface area contributed by atoms with Crippen molar-refractivity contribution in [3.05, 3.63) is 34.9 Å². The van der Waals surface area contributed by atoms with Gasteiger partial charge in [0.2, 0.25) is 0 Å². The minimum Gasteiger partial charge on any atom is -0.381 e. The van der Waals surface area contributed by atoms with E-state index in [1.54, 1.807) is 0 Å². The zero-order chi connectivity index (χ0) is 14.2. The van der Waals surface area contributed by atoms with Crippen LogP contribution in [0.2, 0.25) is 5.02 Å². The quantitative estimate of drug-likeness (QED) is 0.842. The molecule has 2 aliphatic heterocycles. The Labute approximate surface area is 132 Å². The SMILES string of the molecule is Clc1cccc(CCC2C3CN(C4CCOCC4)CC23)c1. The maximum Gasteiger partial charge on any atom is 0.0480 e. The fraction of sp³-hybridized carbons (Fsp3) is 0.667. The number of piperidine rings is 1. The highest BCUT2D eigenvalue weighted by Gasteiger charge is 2.55. The van der Waals surface area contributed by atoms with Crippen LogP contribution >= 0.6 is 11.6 Å². The molecule has 3 aliphatic rings. The minimum absolute atomic E-state index is 0.806. The van der Waals surface area contributed by atoms with Gasteiger partial charge in [-0.25, -0.2) is 0 Å². The van der Waals surface area contributed by atoms with Crippen LogP contribution in [0, 0.1) is 17.8 Å². The zero-order valence-electron chi connectivity index (χ0n) is 12.5. The van der Waals surface area contributed by atoms with Crippen LogP contribution in [-0.4, -0.2) is 37.2 Å². The maximum absolute atomic E-state index is 6.06. The molecule has 0 spiro atoms. The molecule has 1 saturated carbocycles. The zero-order valence-corrected chi connectivity index (χ0v) is 13.3. The molecule has 3 heteroatoms. The van der Waals surface area contributed by atoms with Gasteiger partial charge in [0.15, 0.2) is 0 Å². The third-order valence-electron chi connectivity index (χ3n) is 5.76. The highest BCUT2D eigenvalue weighted by Crippen LogP contribution is 2.54. The smallest absolute Gasteiger partial charge is 0.0480 e. The van der Waals surface area contributed by atoms with E-state index in [0.717, 1.165) is 42.0 Å². The summed E-state index contributed by atoms with van der Waals surface area (Å²) < 4.78 is 5.48. The van der Waals surface area contributed by atoms with Gasteiger partial charge in [-0.2, -0.15) is 0 Å². The van der Waals surface area contributed by atoms with Crippen LogP contribution in [0.1, 0.15) is 24.8 Å². The first-order valence-electron chi connectivity index (χ1n) is 8.37. The van der Waals surface area contributed by atoms with Gasteiger partial charge < -0.3 is 4.74 Å². The molecule has 114 valence electrons. The molecule has 1 aromatic rings. The van der Waals surface area contributed by atoms with Gasteiger partial charge in [0.25, 0.3) is 0 Å². The number of fused-ring (bicyclic) bond motifs is 1. The molecule has 0 amide bonds. The summed E-state index contributed by atoms with van der Waals surface area (Å²) in [6.07, 6.45) is 5.02. The summed E-state index contributed by atoms with van der Waals surface area (Å²) >= 11 is 6.06. The van der Waals surface area contributed by atoms with E-state index in [2.05, 4.69) is 23.1 Å². The van der Waals surface area contributed by atoms with Crippen LogP contribution in [0.3, 0.4) is 0 Å². The van der Waals surface area contributed by atoms with Crippen molar-refractivity contribution in [2.75, 3.05) is 26.3 Å². The summed E-state index contributed by atoms with van der Waals surface area (Å²) in [5, 5.41) is 0.870. The average Bonchev–Trinajstić information content (AvgIpc) is 2.96. The van der Waals surface area contributed by atoms with Crippen LogP contribution in [0.5, 0.6) is 0 Å². The first-order valence-corrected chi connectivity index (χ1v) is 8.75. The predicted molar refractivity (Wildman–Crippen MR) is 85.7 cm³/mol. The number of ether oxygens (including phenoxy) is 1. The van der Waals surface area contributed by atoms with Crippen LogP contribution in [0.25, 0.3) is 0 Å². The molecule has 3 fully saturated rings. The van der Waals surface area contributed by atoms with E-state index < -0.39 is 0 Å². The Morgan fingerprint density at radius 2 is 1.90 bits per heavy atom. The van der Waals surface area contributed by atoms with Crippen molar-refractivity contribution in [3.8, 4) is 0 Å². The van der Waals surface area contributed by atoms with Crippen LogP contribution in [0.15, 0.2) is 24.3 Å². The second kappa shape index (κ2) is 5.91. The Hall–Kier alpha value is -0.570. The summed E-state index contributed by atoms with van der Waals surface area (Å²) in [5.74, 6) is 2.93. The lowest BCUT2D eigenvalue weighted by Crippen LogP contribution is -2.39. The monoisotopic (exact) mass is 305 g/mol. The number of aryl methyl sites for hydroxylation is 1. The van der Waals surface area contributed by atoms with Gasteiger partial charge in [-0.3, -0.25) is 4.90 Å². The largest absolute Gasteiger partial charge is 0.381 e. The van der Waals surface area contributed by atoms with Crippen LogP contribution in [-0.2, 0) is 11.2 Å². The third kappa shape index (κ3) is 2.99. The van der Waals surface area contributed by atoms with Crippen molar-refractivity contribution in [3.63, 3.8) is 0 Å². The van der Waals surface area contributed by atoms with E-state index in [-0.39, 0.29) is 0 Å². The van der Waals surface area contributed by atoms with E-state index >= 15 is 0 Å². The minimum atomic E-state index is 0.806. The Balaban J connectivity index is 1.25. The van der Waals surface area contributed by atoms with Crippen molar-refractivity contribution < 1.29 is 4.74 Å². The van der Waals surface area contributed by atoms with Crippen molar-refractivity contribution in [1.29, 1.82) is 0 Å². The van der Waals surface area contributed by atoms with Gasteiger partial charge in [-0.15, -0.1) is 0 Å². The summed E-state index contributed by atoms with van der Waals surface area (Å²) in [6, 6.07) is 9.16. The Morgan fingerprint density at radius 1 is 1.14 bits per heavy atom. The first-order chi connectivity index (χ1) is 10.3. The van der Waals surface area contributed by atoms with Crippen molar-refractivity contribution in [2.45, 2.75) is 31.7 Å². The lowest BCUT2D eigenvalue weighted by molar-refractivity contribution is 0.0368. The number of rotatable bonds is 4. The summed E-state index contributed by atoms with van der Waals surface area (Å²) in [7, 11) is 0. The van der Waals surface area contributed by atoms with E-state index in [9.17, 15) is 0 Å². The maximum atomic E-state index is 6.06. The Kier molecular flexibility index (Phi) is 3.95. The summed E-state index contributed by atoms with van der Waals surface area (Å²) in [5.41, 5.74) is 1.40. The number of hydrogen-bond acceptors (Lipinski definition) is 2. The molecule has 2 unspecified atom stereocenters. The van der Waals surface area contributed by atoms with Crippen molar-refractivity contribution >= 4 is 11.6 Å². The predicted octanol–water partition coefficient (Wildman–Crippen LogP) is 3.63. The molecular weight excluding hydrogens is 282 g/mol. The van der Waals surface area contributed by atoms with Crippen LogP contribution < -0.4 is 0 Å². The normalized spacial score (nSPS) is 33.1. The molecule has 0 bridgehead atoms. The second-order valence-electron chi connectivity index (χ2n) is 6.96. The third-order valence-corrected chi connectivity index (χ3v) is 6.00. The standard InChI is InChI=1S/C18H24ClNO/c19-14-3-1-2-13(10-14)4-5-16-17-11-20(12-18(16)17)15-6-8-21-9-7-15/h1-3,10,15-18H,4-9,11-12H2. The van der Waals surface area contributed by atoms with Crippen molar-refractivity contribution in [2.24, 2.45) is 17.8 Å². The molecule has 2 heterocycles. The molecule has 0 N–H and O–H groups in total. The fourth-order valence-electron chi connectivity index (χ4n) is 4.48. The Bertz CT molecular complexity index is 488. The van der Waals surface area contributed by atoms with Crippen LogP contribution in [0.4, 0.5) is 0 Å². The molecule has 1 aliphatic carbocycles. The fourth-order valence-corrected chi connectivity index (χ4v) is 4.70. The molecule has 0 aromatic heterocycles. The summed E-state index contributed by atoms with van der Waals surface area (Å²) in [4.78, 5) is 2.74. The number of likely N-dealkylation sites (tertiary alicyclic amines) is 1. The van der Waals surface area contributed by atoms with Gasteiger partial charge >= 0.3 is 0 Å². The van der Waals surface area contributed by atoms with Gasteiger partial charge in [0.05, 0.1) is 0 Å². The molecule has 2 nitrogen and oxygen atoms in total. The number of benzene rings is 1. The molecule has 2 atom stereocenters. The topological polar surface area (TPSA) is 12.5 Å². The summed E-state index contributed by atoms with van der Waals surface area (Å²) in [6.45, 7) is 4.62. The van der Waals surface area contributed by atoms with Gasteiger partial charge in [0, 0.05) is 37.4 Å². The first kappa shape index (κ1) is 14.0. The number of hydrogen-bond donors (Lipinski definition) is 0. The van der Waals surface area contributed by atoms with Gasteiger partial charge in [0.1, 0.15) is 0 Å².